The van der Waals surface area contributed by atoms with Gasteiger partial charge < -0.3 is 14.7 Å². The van der Waals surface area contributed by atoms with Gasteiger partial charge in [0.2, 0.25) is 11.7 Å². The van der Waals surface area contributed by atoms with Gasteiger partial charge in [0, 0.05) is 18.3 Å². The zero-order chi connectivity index (χ0) is 16.9. The standard InChI is InChI=1S/C18H18N4O2/c1-13-7-6-10-15(11-13)19-18(23)22(2)12-16-20-17(21-24-16)14-8-4-3-5-9-14/h3-11H,12H2,1-2H3,(H,19,23). The van der Waals surface area contributed by atoms with E-state index in [0.717, 1.165) is 16.8 Å². The Morgan fingerprint density at radius 1 is 1.17 bits per heavy atom. The van der Waals surface area contributed by atoms with Crippen LogP contribution in [0.25, 0.3) is 11.4 Å². The van der Waals surface area contributed by atoms with E-state index in [1.165, 1.54) is 4.90 Å². The summed E-state index contributed by atoms with van der Waals surface area (Å²) in [5.74, 6) is 0.897. The number of carbonyl (C=O) groups is 1. The Morgan fingerprint density at radius 2 is 1.96 bits per heavy atom. The summed E-state index contributed by atoms with van der Waals surface area (Å²) in [6, 6.07) is 16.9. The highest BCUT2D eigenvalue weighted by molar-refractivity contribution is 5.89. The summed E-state index contributed by atoms with van der Waals surface area (Å²) in [5, 5.41) is 6.79. The SMILES string of the molecule is Cc1cccc(NC(=O)N(C)Cc2nc(-c3ccccc3)no2)c1. The van der Waals surface area contributed by atoms with Crippen molar-refractivity contribution in [2.75, 3.05) is 12.4 Å². The molecule has 0 saturated carbocycles. The van der Waals surface area contributed by atoms with Crippen molar-refractivity contribution >= 4 is 11.7 Å². The fraction of sp³-hybridized carbons (Fsp3) is 0.167. The van der Waals surface area contributed by atoms with Crippen LogP contribution in [0.1, 0.15) is 11.5 Å². The number of benzene rings is 2. The molecular formula is C18H18N4O2. The first kappa shape index (κ1) is 15.7. The van der Waals surface area contributed by atoms with Gasteiger partial charge in [0.25, 0.3) is 0 Å². The molecule has 0 saturated heterocycles. The zero-order valence-electron chi connectivity index (χ0n) is 13.6. The predicted octanol–water partition coefficient (Wildman–Crippen LogP) is 3.71. The minimum atomic E-state index is -0.236. The molecule has 0 spiro atoms. The molecule has 24 heavy (non-hydrogen) atoms. The lowest BCUT2D eigenvalue weighted by Crippen LogP contribution is -2.30. The maximum absolute atomic E-state index is 12.2. The third-order valence-corrected chi connectivity index (χ3v) is 3.49. The van der Waals surface area contributed by atoms with Gasteiger partial charge >= 0.3 is 6.03 Å². The predicted molar refractivity (Wildman–Crippen MR) is 91.4 cm³/mol. The van der Waals surface area contributed by atoms with Crippen LogP contribution < -0.4 is 5.32 Å². The zero-order valence-corrected chi connectivity index (χ0v) is 13.6. The fourth-order valence-electron chi connectivity index (χ4n) is 2.24. The van der Waals surface area contributed by atoms with Gasteiger partial charge in [-0.05, 0) is 24.6 Å². The monoisotopic (exact) mass is 322 g/mol. The lowest BCUT2D eigenvalue weighted by Gasteiger charge is -2.16. The molecule has 0 fully saturated rings. The van der Waals surface area contributed by atoms with Crippen molar-refractivity contribution in [3.05, 3.63) is 66.1 Å². The van der Waals surface area contributed by atoms with Crippen molar-refractivity contribution in [1.82, 2.24) is 15.0 Å². The lowest BCUT2D eigenvalue weighted by molar-refractivity contribution is 0.213. The van der Waals surface area contributed by atoms with E-state index in [9.17, 15) is 4.79 Å². The molecular weight excluding hydrogens is 304 g/mol. The van der Waals surface area contributed by atoms with Gasteiger partial charge in [0.05, 0.1) is 0 Å². The van der Waals surface area contributed by atoms with Crippen LogP contribution in [-0.4, -0.2) is 28.1 Å². The van der Waals surface area contributed by atoms with Crippen LogP contribution in [0.4, 0.5) is 10.5 Å². The Bertz CT molecular complexity index is 830. The molecule has 2 aromatic carbocycles. The van der Waals surface area contributed by atoms with Crippen LogP contribution in [0.2, 0.25) is 0 Å². The number of hydrogen-bond donors (Lipinski definition) is 1. The van der Waals surface area contributed by atoms with Crippen molar-refractivity contribution in [2.45, 2.75) is 13.5 Å². The summed E-state index contributed by atoms with van der Waals surface area (Å²) in [7, 11) is 1.68. The van der Waals surface area contributed by atoms with Crippen molar-refractivity contribution in [3.8, 4) is 11.4 Å². The van der Waals surface area contributed by atoms with Gasteiger partial charge in [-0.3, -0.25) is 0 Å². The fourth-order valence-corrected chi connectivity index (χ4v) is 2.24. The van der Waals surface area contributed by atoms with Crippen molar-refractivity contribution in [3.63, 3.8) is 0 Å². The number of aromatic nitrogens is 2. The Morgan fingerprint density at radius 3 is 2.71 bits per heavy atom. The van der Waals surface area contributed by atoms with E-state index in [2.05, 4.69) is 15.5 Å². The summed E-state index contributed by atoms with van der Waals surface area (Å²) in [4.78, 5) is 18.0. The Labute approximate surface area is 140 Å². The van der Waals surface area contributed by atoms with Crippen molar-refractivity contribution in [1.29, 1.82) is 0 Å². The molecule has 2 amide bonds. The Balaban J connectivity index is 1.63. The van der Waals surface area contributed by atoms with Crippen LogP contribution in [-0.2, 0) is 6.54 Å². The maximum Gasteiger partial charge on any atom is 0.322 e. The summed E-state index contributed by atoms with van der Waals surface area (Å²) in [6.45, 7) is 2.21. The molecule has 0 radical (unpaired) electrons. The lowest BCUT2D eigenvalue weighted by atomic mass is 10.2. The van der Waals surface area contributed by atoms with Crippen LogP contribution >= 0.6 is 0 Å². The van der Waals surface area contributed by atoms with Crippen LogP contribution in [0, 0.1) is 6.92 Å². The van der Waals surface area contributed by atoms with Crippen molar-refractivity contribution in [2.24, 2.45) is 0 Å². The minimum absolute atomic E-state index is 0.234. The third-order valence-electron chi connectivity index (χ3n) is 3.49. The second-order valence-electron chi connectivity index (χ2n) is 5.53. The molecule has 1 N–H and O–H groups in total. The number of rotatable bonds is 4. The molecule has 1 aromatic heterocycles. The molecule has 0 aliphatic rings. The largest absolute Gasteiger partial charge is 0.337 e. The molecule has 0 atom stereocenters. The number of urea groups is 1. The van der Waals surface area contributed by atoms with E-state index < -0.39 is 0 Å². The second-order valence-corrected chi connectivity index (χ2v) is 5.53. The van der Waals surface area contributed by atoms with E-state index in [0.29, 0.717) is 11.7 Å². The number of nitrogens with zero attached hydrogens (tertiary/aromatic N) is 3. The second kappa shape index (κ2) is 6.95. The molecule has 0 bridgehead atoms. The minimum Gasteiger partial charge on any atom is -0.337 e. The highest BCUT2D eigenvalue weighted by Gasteiger charge is 2.14. The molecule has 0 aliphatic heterocycles. The highest BCUT2D eigenvalue weighted by atomic mass is 16.5. The normalized spacial score (nSPS) is 10.4. The molecule has 0 unspecified atom stereocenters. The quantitative estimate of drug-likeness (QED) is 0.795. The molecule has 122 valence electrons. The first-order chi connectivity index (χ1) is 11.6. The molecule has 6 nitrogen and oxygen atoms in total. The summed E-state index contributed by atoms with van der Waals surface area (Å²) >= 11 is 0. The number of anilines is 1. The van der Waals surface area contributed by atoms with E-state index in [1.54, 1.807) is 7.05 Å². The van der Waals surface area contributed by atoms with Crippen LogP contribution in [0.3, 0.4) is 0 Å². The topological polar surface area (TPSA) is 71.3 Å². The van der Waals surface area contributed by atoms with E-state index in [-0.39, 0.29) is 12.6 Å². The Kier molecular flexibility index (Phi) is 4.56. The summed E-state index contributed by atoms with van der Waals surface area (Å²) in [6.07, 6.45) is 0. The van der Waals surface area contributed by atoms with Gasteiger partial charge in [-0.1, -0.05) is 47.6 Å². The number of aryl methyl sites for hydroxylation is 1. The molecule has 6 heteroatoms. The maximum atomic E-state index is 12.2. The van der Waals surface area contributed by atoms with Gasteiger partial charge in [-0.25, -0.2) is 4.79 Å². The number of amides is 2. The van der Waals surface area contributed by atoms with Crippen LogP contribution in [0.15, 0.2) is 59.1 Å². The van der Waals surface area contributed by atoms with Crippen molar-refractivity contribution < 1.29 is 9.32 Å². The molecule has 3 aromatic rings. The number of carbonyl (C=O) groups excluding carboxylic acids is 1. The summed E-state index contributed by atoms with van der Waals surface area (Å²) < 4.78 is 5.23. The van der Waals surface area contributed by atoms with Gasteiger partial charge in [0.15, 0.2) is 0 Å². The molecule has 0 aliphatic carbocycles. The van der Waals surface area contributed by atoms with Crippen LogP contribution in [0.5, 0.6) is 0 Å². The molecule has 3 rings (SSSR count). The first-order valence-corrected chi connectivity index (χ1v) is 7.58. The number of nitrogens with one attached hydrogen (secondary N) is 1. The average Bonchev–Trinajstić information content (AvgIpc) is 3.04. The Hall–Kier alpha value is -3.15. The smallest absolute Gasteiger partial charge is 0.322 e. The average molecular weight is 322 g/mol. The number of hydrogen-bond acceptors (Lipinski definition) is 4. The highest BCUT2D eigenvalue weighted by Crippen LogP contribution is 2.16. The first-order valence-electron chi connectivity index (χ1n) is 7.58. The summed E-state index contributed by atoms with van der Waals surface area (Å²) in [5.41, 5.74) is 2.71. The van der Waals surface area contributed by atoms with E-state index >= 15 is 0 Å². The van der Waals surface area contributed by atoms with Gasteiger partial charge in [-0.2, -0.15) is 4.98 Å². The van der Waals surface area contributed by atoms with E-state index in [1.807, 2.05) is 61.5 Å². The van der Waals surface area contributed by atoms with Gasteiger partial charge in [-0.15, -0.1) is 0 Å². The third kappa shape index (κ3) is 3.78. The molecule has 1 heterocycles. The van der Waals surface area contributed by atoms with E-state index in [4.69, 9.17) is 4.52 Å². The van der Waals surface area contributed by atoms with Gasteiger partial charge in [0.1, 0.15) is 6.54 Å².